The van der Waals surface area contributed by atoms with Crippen molar-refractivity contribution in [1.29, 1.82) is 0 Å². The molecular weight excluding hydrogens is 404 g/mol. The van der Waals surface area contributed by atoms with Gasteiger partial charge in [-0.1, -0.05) is 60.7 Å². The predicted octanol–water partition coefficient (Wildman–Crippen LogP) is 4.44. The molecule has 0 radical (unpaired) electrons. The van der Waals surface area contributed by atoms with E-state index in [1.807, 2.05) is 5.38 Å². The Morgan fingerprint density at radius 2 is 1.61 bits per heavy atom. The van der Waals surface area contributed by atoms with E-state index in [0.29, 0.717) is 11.2 Å². The zero-order chi connectivity index (χ0) is 21.5. The number of thiazole rings is 1. The predicted molar refractivity (Wildman–Crippen MR) is 127 cm³/mol. The molecule has 0 unspecified atom stereocenters. The number of amides is 1. The van der Waals surface area contributed by atoms with Crippen molar-refractivity contribution in [2.75, 3.05) is 38.0 Å². The molecule has 1 aromatic heterocycles. The number of benzene rings is 2. The summed E-state index contributed by atoms with van der Waals surface area (Å²) in [4.78, 5) is 20.8. The molecule has 0 bridgehead atoms. The summed E-state index contributed by atoms with van der Waals surface area (Å²) < 4.78 is 0. The second kappa shape index (κ2) is 10.7. The van der Waals surface area contributed by atoms with Gasteiger partial charge in [-0.05, 0) is 30.5 Å². The molecule has 1 aliphatic heterocycles. The fraction of sp³-hybridized carbons (Fsp3) is 0.360. The van der Waals surface area contributed by atoms with Crippen LogP contribution >= 0.6 is 11.3 Å². The smallest absolute Gasteiger partial charge is 0.223 e. The third-order valence-electron chi connectivity index (χ3n) is 5.74. The van der Waals surface area contributed by atoms with Crippen LogP contribution in [-0.4, -0.2) is 53.4 Å². The Hall–Kier alpha value is -2.54. The van der Waals surface area contributed by atoms with E-state index >= 15 is 0 Å². The largest absolute Gasteiger partial charge is 0.302 e. The van der Waals surface area contributed by atoms with Crippen LogP contribution in [0.2, 0.25) is 0 Å². The molecular formula is C25H30N4OS. The van der Waals surface area contributed by atoms with Crippen LogP contribution in [0.3, 0.4) is 0 Å². The lowest BCUT2D eigenvalue weighted by Gasteiger charge is -2.39. The van der Waals surface area contributed by atoms with Crippen molar-refractivity contribution in [3.63, 3.8) is 0 Å². The van der Waals surface area contributed by atoms with Crippen LogP contribution in [0.5, 0.6) is 0 Å². The van der Waals surface area contributed by atoms with E-state index in [-0.39, 0.29) is 5.91 Å². The van der Waals surface area contributed by atoms with Crippen molar-refractivity contribution in [1.82, 2.24) is 14.8 Å². The van der Waals surface area contributed by atoms with Gasteiger partial charge in [-0.25, -0.2) is 4.98 Å². The van der Waals surface area contributed by atoms with E-state index in [4.69, 9.17) is 0 Å². The molecule has 1 amide bonds. The van der Waals surface area contributed by atoms with Crippen LogP contribution in [0.4, 0.5) is 5.13 Å². The topological polar surface area (TPSA) is 48.5 Å². The summed E-state index contributed by atoms with van der Waals surface area (Å²) in [6, 6.07) is 22.0. The maximum Gasteiger partial charge on any atom is 0.223 e. The third-order valence-corrected chi connectivity index (χ3v) is 6.55. The Labute approximate surface area is 188 Å². The number of aromatic nitrogens is 1. The van der Waals surface area contributed by atoms with Crippen LogP contribution in [0.1, 0.15) is 36.2 Å². The summed E-state index contributed by atoms with van der Waals surface area (Å²) in [6.07, 6.45) is 2.04. The SMILES string of the molecule is CC(=O)Nc1nc(CCCN2CCN(C(c3ccccc3)c3ccccc3)CC2)cs1. The number of rotatable bonds is 8. The summed E-state index contributed by atoms with van der Waals surface area (Å²) in [5.74, 6) is -0.0666. The first kappa shape index (κ1) is 21.7. The molecule has 5 nitrogen and oxygen atoms in total. The molecule has 0 aliphatic carbocycles. The standard InChI is InChI=1S/C25H30N4OS/c1-20(30)26-25-27-23(19-31-25)13-8-14-28-15-17-29(18-16-28)24(21-9-4-2-5-10-21)22-11-6-3-7-12-22/h2-7,9-12,19,24H,8,13-18H2,1H3,(H,26,27,30). The lowest BCUT2D eigenvalue weighted by Crippen LogP contribution is -2.48. The van der Waals surface area contributed by atoms with Gasteiger partial charge in [0.2, 0.25) is 5.91 Å². The van der Waals surface area contributed by atoms with Gasteiger partial charge in [-0.3, -0.25) is 9.69 Å². The first-order valence-electron chi connectivity index (χ1n) is 11.0. The Bertz CT molecular complexity index is 912. The average molecular weight is 435 g/mol. The molecule has 31 heavy (non-hydrogen) atoms. The Kier molecular flexibility index (Phi) is 7.46. The first-order valence-corrected chi connectivity index (χ1v) is 11.9. The van der Waals surface area contributed by atoms with Gasteiger partial charge in [0.1, 0.15) is 0 Å². The lowest BCUT2D eigenvalue weighted by molar-refractivity contribution is -0.114. The highest BCUT2D eigenvalue weighted by atomic mass is 32.1. The van der Waals surface area contributed by atoms with E-state index in [2.05, 4.69) is 80.8 Å². The van der Waals surface area contributed by atoms with Gasteiger partial charge in [0.05, 0.1) is 11.7 Å². The second-order valence-corrected chi connectivity index (χ2v) is 8.89. The fourth-order valence-electron chi connectivity index (χ4n) is 4.24. The van der Waals surface area contributed by atoms with Gasteiger partial charge in [0.25, 0.3) is 0 Å². The number of piperazine rings is 1. The molecule has 1 saturated heterocycles. The van der Waals surface area contributed by atoms with Crippen molar-refractivity contribution < 1.29 is 4.79 Å². The number of carbonyl (C=O) groups is 1. The van der Waals surface area contributed by atoms with E-state index in [1.165, 1.54) is 29.4 Å². The van der Waals surface area contributed by atoms with E-state index < -0.39 is 0 Å². The number of aryl methyl sites for hydroxylation is 1. The quantitative estimate of drug-likeness (QED) is 0.569. The van der Waals surface area contributed by atoms with Gasteiger partial charge >= 0.3 is 0 Å². The van der Waals surface area contributed by atoms with Gasteiger partial charge in [0.15, 0.2) is 5.13 Å². The number of hydrogen-bond acceptors (Lipinski definition) is 5. The molecule has 2 aromatic carbocycles. The molecule has 1 N–H and O–H groups in total. The Morgan fingerprint density at radius 1 is 1.00 bits per heavy atom. The summed E-state index contributed by atoms with van der Waals surface area (Å²) in [7, 11) is 0. The summed E-state index contributed by atoms with van der Waals surface area (Å²) in [5.41, 5.74) is 3.79. The minimum absolute atomic E-state index is 0.0666. The second-order valence-electron chi connectivity index (χ2n) is 8.03. The highest BCUT2D eigenvalue weighted by Crippen LogP contribution is 2.29. The minimum Gasteiger partial charge on any atom is -0.302 e. The van der Waals surface area contributed by atoms with Crippen LogP contribution in [0.15, 0.2) is 66.0 Å². The van der Waals surface area contributed by atoms with Crippen LogP contribution in [0, 0.1) is 0 Å². The zero-order valence-electron chi connectivity index (χ0n) is 18.0. The molecule has 162 valence electrons. The molecule has 0 atom stereocenters. The van der Waals surface area contributed by atoms with E-state index in [0.717, 1.165) is 51.3 Å². The number of nitrogens with one attached hydrogen (secondary N) is 1. The monoisotopic (exact) mass is 434 g/mol. The molecule has 0 saturated carbocycles. The molecule has 3 aromatic rings. The van der Waals surface area contributed by atoms with Crippen molar-refractivity contribution >= 4 is 22.4 Å². The number of carbonyl (C=O) groups excluding carboxylic acids is 1. The molecule has 1 fully saturated rings. The van der Waals surface area contributed by atoms with E-state index in [9.17, 15) is 4.79 Å². The van der Waals surface area contributed by atoms with Crippen LogP contribution in [-0.2, 0) is 11.2 Å². The van der Waals surface area contributed by atoms with Gasteiger partial charge < -0.3 is 10.2 Å². The molecule has 0 spiro atoms. The van der Waals surface area contributed by atoms with Crippen molar-refractivity contribution in [2.45, 2.75) is 25.8 Å². The molecule has 1 aliphatic rings. The minimum atomic E-state index is -0.0666. The van der Waals surface area contributed by atoms with Crippen molar-refractivity contribution in [2.24, 2.45) is 0 Å². The summed E-state index contributed by atoms with van der Waals surface area (Å²) >= 11 is 1.50. The number of anilines is 1. The fourth-order valence-corrected chi connectivity index (χ4v) is 5.03. The van der Waals surface area contributed by atoms with Crippen molar-refractivity contribution in [3.8, 4) is 0 Å². The third kappa shape index (κ3) is 6.00. The zero-order valence-corrected chi connectivity index (χ0v) is 18.9. The van der Waals surface area contributed by atoms with Crippen LogP contribution in [0.25, 0.3) is 0 Å². The maximum atomic E-state index is 11.1. The summed E-state index contributed by atoms with van der Waals surface area (Å²) in [5, 5.41) is 5.51. The highest BCUT2D eigenvalue weighted by Gasteiger charge is 2.26. The normalized spacial score (nSPS) is 15.3. The van der Waals surface area contributed by atoms with Gasteiger partial charge in [-0.2, -0.15) is 0 Å². The molecule has 4 rings (SSSR count). The first-order chi connectivity index (χ1) is 15.2. The maximum absolute atomic E-state index is 11.1. The number of hydrogen-bond donors (Lipinski definition) is 1. The van der Waals surface area contributed by atoms with Crippen LogP contribution < -0.4 is 5.32 Å². The molecule has 6 heteroatoms. The average Bonchev–Trinajstić information content (AvgIpc) is 3.23. The Balaban J connectivity index is 1.30. The number of nitrogens with zero attached hydrogens (tertiary/aromatic N) is 3. The lowest BCUT2D eigenvalue weighted by atomic mass is 9.96. The molecule has 2 heterocycles. The van der Waals surface area contributed by atoms with Crippen molar-refractivity contribution in [3.05, 3.63) is 82.9 Å². The van der Waals surface area contributed by atoms with Gasteiger partial charge in [0, 0.05) is 38.5 Å². The summed E-state index contributed by atoms with van der Waals surface area (Å²) in [6.45, 7) is 6.91. The van der Waals surface area contributed by atoms with E-state index in [1.54, 1.807) is 0 Å². The highest BCUT2D eigenvalue weighted by molar-refractivity contribution is 7.13. The van der Waals surface area contributed by atoms with Gasteiger partial charge in [-0.15, -0.1) is 11.3 Å². The Morgan fingerprint density at radius 3 is 2.19 bits per heavy atom.